The van der Waals surface area contributed by atoms with Crippen molar-refractivity contribution in [3.8, 4) is 11.4 Å². The van der Waals surface area contributed by atoms with Crippen molar-refractivity contribution in [3.63, 3.8) is 0 Å². The molecule has 0 aromatic carbocycles. The molecule has 5 heteroatoms. The predicted molar refractivity (Wildman–Crippen MR) is 53.4 cm³/mol. The number of nitrogens with two attached hydrogens (primary N) is 1. The number of hydrogen-bond donors (Lipinski definition) is 1. The van der Waals surface area contributed by atoms with Gasteiger partial charge in [0.15, 0.2) is 0 Å². The Bertz CT molecular complexity index is 460. The van der Waals surface area contributed by atoms with Crippen LogP contribution in [0.4, 0.5) is 5.69 Å². The van der Waals surface area contributed by atoms with Gasteiger partial charge in [0.05, 0.1) is 23.3 Å². The summed E-state index contributed by atoms with van der Waals surface area (Å²) in [5, 5.41) is 7.63. The number of rotatable bonds is 1. The summed E-state index contributed by atoms with van der Waals surface area (Å²) in [4.78, 5) is 4.35. The van der Waals surface area contributed by atoms with Gasteiger partial charge in [0.2, 0.25) is 0 Å². The molecule has 5 nitrogen and oxygen atoms in total. The Morgan fingerprint density at radius 3 is 2.71 bits per heavy atom. The van der Waals surface area contributed by atoms with E-state index in [1.54, 1.807) is 10.9 Å². The molecule has 0 saturated carbocycles. The van der Waals surface area contributed by atoms with E-state index in [2.05, 4.69) is 15.3 Å². The molecular weight excluding hydrogens is 178 g/mol. The van der Waals surface area contributed by atoms with Gasteiger partial charge in [-0.2, -0.15) is 0 Å². The summed E-state index contributed by atoms with van der Waals surface area (Å²) in [6, 6.07) is 3.70. The maximum atomic E-state index is 5.68. The summed E-state index contributed by atoms with van der Waals surface area (Å²) in [5.74, 6) is 0. The summed E-state index contributed by atoms with van der Waals surface area (Å²) < 4.78 is 1.68. The van der Waals surface area contributed by atoms with Gasteiger partial charge in [-0.15, -0.1) is 5.10 Å². The summed E-state index contributed by atoms with van der Waals surface area (Å²) in [7, 11) is 1.83. The second-order valence-electron chi connectivity index (χ2n) is 3.11. The van der Waals surface area contributed by atoms with E-state index in [1.165, 1.54) is 0 Å². The molecule has 0 fully saturated rings. The zero-order valence-electron chi connectivity index (χ0n) is 8.10. The van der Waals surface area contributed by atoms with Crippen LogP contribution in [0.2, 0.25) is 0 Å². The van der Waals surface area contributed by atoms with Crippen LogP contribution < -0.4 is 5.73 Å². The van der Waals surface area contributed by atoms with E-state index in [0.29, 0.717) is 5.69 Å². The van der Waals surface area contributed by atoms with E-state index in [1.807, 2.05) is 26.1 Å². The first-order valence-electron chi connectivity index (χ1n) is 4.26. The molecule has 2 rings (SSSR count). The number of aromatic nitrogens is 4. The molecule has 2 aromatic rings. The number of nitrogen functional groups attached to an aromatic ring is 1. The van der Waals surface area contributed by atoms with Crippen molar-refractivity contribution < 1.29 is 0 Å². The van der Waals surface area contributed by atoms with E-state index >= 15 is 0 Å². The molecule has 0 aliphatic heterocycles. The molecule has 0 aliphatic carbocycles. The first kappa shape index (κ1) is 8.68. The van der Waals surface area contributed by atoms with Crippen LogP contribution in [0.25, 0.3) is 11.4 Å². The number of hydrogen-bond acceptors (Lipinski definition) is 4. The van der Waals surface area contributed by atoms with Crippen molar-refractivity contribution >= 4 is 5.69 Å². The lowest BCUT2D eigenvalue weighted by atomic mass is 10.2. The van der Waals surface area contributed by atoms with Crippen molar-refractivity contribution in [2.24, 2.45) is 7.05 Å². The van der Waals surface area contributed by atoms with Gasteiger partial charge in [0.1, 0.15) is 5.69 Å². The minimum atomic E-state index is 0.698. The van der Waals surface area contributed by atoms with Crippen LogP contribution in [0.1, 0.15) is 5.69 Å². The van der Waals surface area contributed by atoms with Gasteiger partial charge < -0.3 is 5.73 Å². The number of aryl methyl sites for hydroxylation is 2. The molecular formula is C9H11N5. The Morgan fingerprint density at radius 2 is 2.14 bits per heavy atom. The topological polar surface area (TPSA) is 69.6 Å². The number of pyridine rings is 1. The van der Waals surface area contributed by atoms with Gasteiger partial charge in [-0.05, 0) is 19.1 Å². The summed E-state index contributed by atoms with van der Waals surface area (Å²) in [6.45, 7) is 1.88. The van der Waals surface area contributed by atoms with Gasteiger partial charge >= 0.3 is 0 Å². The first-order valence-corrected chi connectivity index (χ1v) is 4.26. The maximum absolute atomic E-state index is 5.68. The lowest BCUT2D eigenvalue weighted by molar-refractivity contribution is 0.719. The van der Waals surface area contributed by atoms with E-state index in [-0.39, 0.29) is 0 Å². The van der Waals surface area contributed by atoms with Crippen LogP contribution in [0.15, 0.2) is 18.3 Å². The fourth-order valence-electron chi connectivity index (χ4n) is 1.24. The maximum Gasteiger partial charge on any atom is 0.107 e. The van der Waals surface area contributed by atoms with Crippen molar-refractivity contribution in [3.05, 3.63) is 24.0 Å². The number of nitrogens with zero attached hydrogens (tertiary/aromatic N) is 4. The number of anilines is 1. The standard InChI is InChI=1S/C9H11N5/c1-6-7(10)3-4-8(12-6)9-5-11-13-14(9)2/h3-5H,10H2,1-2H3. The highest BCUT2D eigenvalue weighted by atomic mass is 15.4. The minimum absolute atomic E-state index is 0.698. The average Bonchev–Trinajstić information content (AvgIpc) is 2.57. The van der Waals surface area contributed by atoms with Crippen LogP contribution in [-0.4, -0.2) is 20.0 Å². The Kier molecular flexibility index (Phi) is 1.92. The van der Waals surface area contributed by atoms with Gasteiger partial charge in [0.25, 0.3) is 0 Å². The monoisotopic (exact) mass is 189 g/mol. The van der Waals surface area contributed by atoms with Gasteiger partial charge in [-0.3, -0.25) is 0 Å². The SMILES string of the molecule is Cc1nc(-c2cnnn2C)ccc1N. The Balaban J connectivity index is 2.53. The van der Waals surface area contributed by atoms with Crippen LogP contribution in [0, 0.1) is 6.92 Å². The van der Waals surface area contributed by atoms with Crippen LogP contribution in [0.3, 0.4) is 0 Å². The summed E-state index contributed by atoms with van der Waals surface area (Å²) >= 11 is 0. The zero-order chi connectivity index (χ0) is 10.1. The third-order valence-corrected chi connectivity index (χ3v) is 2.10. The molecule has 2 heterocycles. The highest BCUT2D eigenvalue weighted by Crippen LogP contribution is 2.17. The van der Waals surface area contributed by atoms with Gasteiger partial charge in [-0.1, -0.05) is 5.21 Å². The summed E-state index contributed by atoms with van der Waals surface area (Å²) in [5.41, 5.74) is 8.92. The fraction of sp³-hybridized carbons (Fsp3) is 0.222. The molecule has 0 aliphatic rings. The van der Waals surface area contributed by atoms with Crippen LogP contribution in [-0.2, 0) is 7.05 Å². The molecule has 2 aromatic heterocycles. The van der Waals surface area contributed by atoms with Crippen molar-refractivity contribution in [2.45, 2.75) is 6.92 Å². The van der Waals surface area contributed by atoms with E-state index < -0.39 is 0 Å². The Hall–Kier alpha value is -1.91. The molecule has 2 N–H and O–H groups in total. The average molecular weight is 189 g/mol. The van der Waals surface area contributed by atoms with E-state index in [4.69, 9.17) is 5.73 Å². The largest absolute Gasteiger partial charge is 0.397 e. The molecule has 0 spiro atoms. The third kappa shape index (κ3) is 1.32. The second-order valence-corrected chi connectivity index (χ2v) is 3.11. The quantitative estimate of drug-likeness (QED) is 0.719. The smallest absolute Gasteiger partial charge is 0.107 e. The molecule has 14 heavy (non-hydrogen) atoms. The molecule has 72 valence electrons. The summed E-state index contributed by atoms with van der Waals surface area (Å²) in [6.07, 6.45) is 1.68. The van der Waals surface area contributed by atoms with Crippen LogP contribution >= 0.6 is 0 Å². The van der Waals surface area contributed by atoms with Crippen LogP contribution in [0.5, 0.6) is 0 Å². The van der Waals surface area contributed by atoms with E-state index in [9.17, 15) is 0 Å². The zero-order valence-corrected chi connectivity index (χ0v) is 8.10. The van der Waals surface area contributed by atoms with Crippen molar-refractivity contribution in [2.75, 3.05) is 5.73 Å². The molecule has 0 saturated heterocycles. The van der Waals surface area contributed by atoms with Crippen molar-refractivity contribution in [1.29, 1.82) is 0 Å². The molecule has 0 amide bonds. The third-order valence-electron chi connectivity index (χ3n) is 2.10. The van der Waals surface area contributed by atoms with E-state index in [0.717, 1.165) is 17.1 Å². The molecule has 0 atom stereocenters. The van der Waals surface area contributed by atoms with Gasteiger partial charge in [-0.25, -0.2) is 9.67 Å². The predicted octanol–water partition coefficient (Wildman–Crippen LogP) is 0.768. The first-order chi connectivity index (χ1) is 6.68. The second kappa shape index (κ2) is 3.10. The van der Waals surface area contributed by atoms with Crippen molar-refractivity contribution in [1.82, 2.24) is 20.0 Å². The van der Waals surface area contributed by atoms with Gasteiger partial charge in [0, 0.05) is 7.05 Å². The molecule has 0 unspecified atom stereocenters. The molecule has 0 radical (unpaired) electrons. The lowest BCUT2D eigenvalue weighted by Gasteiger charge is -2.03. The Labute approximate surface area is 81.6 Å². The fourth-order valence-corrected chi connectivity index (χ4v) is 1.24. The Morgan fingerprint density at radius 1 is 1.36 bits per heavy atom. The normalized spacial score (nSPS) is 10.4. The lowest BCUT2D eigenvalue weighted by Crippen LogP contribution is -1.98. The minimum Gasteiger partial charge on any atom is -0.397 e. The highest BCUT2D eigenvalue weighted by Gasteiger charge is 2.05. The molecule has 0 bridgehead atoms. The highest BCUT2D eigenvalue weighted by molar-refractivity contribution is 5.57.